The summed E-state index contributed by atoms with van der Waals surface area (Å²) in [7, 11) is 0. The molecule has 0 saturated carbocycles. The molecule has 2 rings (SSSR count). The van der Waals surface area contributed by atoms with Crippen LogP contribution in [-0.4, -0.2) is 11.0 Å². The van der Waals surface area contributed by atoms with Crippen molar-refractivity contribution in [1.29, 1.82) is 0 Å². The first-order chi connectivity index (χ1) is 9.58. The van der Waals surface area contributed by atoms with Crippen molar-refractivity contribution in [2.45, 2.75) is 25.8 Å². The Labute approximate surface area is 132 Å². The maximum Gasteiger partial charge on any atom is 0.146 e. The SMILES string of the molecule is CCC(N)Cc1ccc(Oc2cncc(Br)c2)cc1Cl. The lowest BCUT2D eigenvalue weighted by Gasteiger charge is -2.12. The number of hydrogen-bond donors (Lipinski definition) is 1. The fourth-order valence-corrected chi connectivity index (χ4v) is 2.36. The number of pyridine rings is 1. The van der Waals surface area contributed by atoms with Gasteiger partial charge >= 0.3 is 0 Å². The molecule has 1 unspecified atom stereocenters. The summed E-state index contributed by atoms with van der Waals surface area (Å²) in [5.74, 6) is 1.34. The third kappa shape index (κ3) is 4.20. The molecule has 2 aromatic rings. The van der Waals surface area contributed by atoms with E-state index in [0.717, 1.165) is 22.9 Å². The van der Waals surface area contributed by atoms with Crippen LogP contribution in [0.5, 0.6) is 11.5 Å². The zero-order valence-corrected chi connectivity index (χ0v) is 13.5. The molecular weight excluding hydrogens is 340 g/mol. The number of nitrogens with two attached hydrogens (primary N) is 1. The van der Waals surface area contributed by atoms with Crippen molar-refractivity contribution in [2.24, 2.45) is 5.73 Å². The summed E-state index contributed by atoms with van der Waals surface area (Å²) in [5, 5.41) is 0.675. The third-order valence-corrected chi connectivity index (χ3v) is 3.73. The fraction of sp³-hybridized carbons (Fsp3) is 0.267. The molecule has 20 heavy (non-hydrogen) atoms. The molecule has 0 saturated heterocycles. The Morgan fingerprint density at radius 2 is 2.10 bits per heavy atom. The van der Waals surface area contributed by atoms with Gasteiger partial charge in [0.25, 0.3) is 0 Å². The van der Waals surface area contributed by atoms with Crippen molar-refractivity contribution >= 4 is 27.5 Å². The van der Waals surface area contributed by atoms with Crippen LogP contribution >= 0.6 is 27.5 Å². The van der Waals surface area contributed by atoms with Gasteiger partial charge in [-0.25, -0.2) is 0 Å². The van der Waals surface area contributed by atoms with E-state index in [9.17, 15) is 0 Å². The van der Waals surface area contributed by atoms with E-state index in [1.807, 2.05) is 18.2 Å². The normalized spacial score (nSPS) is 12.2. The number of rotatable bonds is 5. The molecule has 0 aliphatic heterocycles. The lowest BCUT2D eigenvalue weighted by molar-refractivity contribution is 0.479. The smallest absolute Gasteiger partial charge is 0.146 e. The highest BCUT2D eigenvalue weighted by Crippen LogP contribution is 2.28. The van der Waals surface area contributed by atoms with Crippen LogP contribution in [0.15, 0.2) is 41.1 Å². The maximum atomic E-state index is 6.27. The third-order valence-electron chi connectivity index (χ3n) is 2.95. The molecule has 1 aromatic heterocycles. The molecule has 0 spiro atoms. The highest BCUT2D eigenvalue weighted by atomic mass is 79.9. The van der Waals surface area contributed by atoms with Crippen molar-refractivity contribution in [3.05, 3.63) is 51.7 Å². The van der Waals surface area contributed by atoms with E-state index in [4.69, 9.17) is 22.1 Å². The van der Waals surface area contributed by atoms with Crippen LogP contribution in [0.4, 0.5) is 0 Å². The van der Waals surface area contributed by atoms with Crippen molar-refractivity contribution < 1.29 is 4.74 Å². The van der Waals surface area contributed by atoms with Crippen LogP contribution in [0, 0.1) is 0 Å². The maximum absolute atomic E-state index is 6.27. The first-order valence-corrected chi connectivity index (χ1v) is 7.58. The molecule has 0 aliphatic carbocycles. The van der Waals surface area contributed by atoms with Gasteiger partial charge in [-0.1, -0.05) is 24.6 Å². The Kier molecular flexibility index (Phi) is 5.40. The molecule has 0 radical (unpaired) electrons. The van der Waals surface area contributed by atoms with Crippen LogP contribution in [0.1, 0.15) is 18.9 Å². The van der Waals surface area contributed by atoms with Gasteiger partial charge in [0.15, 0.2) is 0 Å². The van der Waals surface area contributed by atoms with E-state index in [2.05, 4.69) is 27.8 Å². The largest absolute Gasteiger partial charge is 0.456 e. The van der Waals surface area contributed by atoms with E-state index in [1.54, 1.807) is 18.5 Å². The van der Waals surface area contributed by atoms with E-state index in [1.165, 1.54) is 0 Å². The second-order valence-corrected chi connectivity index (χ2v) is 5.89. The Balaban J connectivity index is 2.13. The number of nitrogens with zero attached hydrogens (tertiary/aromatic N) is 1. The van der Waals surface area contributed by atoms with Crippen molar-refractivity contribution in [3.8, 4) is 11.5 Å². The van der Waals surface area contributed by atoms with Gasteiger partial charge in [-0.05, 0) is 52.5 Å². The van der Waals surface area contributed by atoms with Gasteiger partial charge in [-0.3, -0.25) is 4.98 Å². The standard InChI is InChI=1S/C15H16BrClN2O/c1-2-12(18)5-10-3-4-13(7-15(10)17)20-14-6-11(16)8-19-9-14/h3-4,6-9,12H,2,5,18H2,1H3. The molecule has 106 valence electrons. The summed E-state index contributed by atoms with van der Waals surface area (Å²) in [6.45, 7) is 2.07. The predicted octanol–water partition coefficient (Wildman–Crippen LogP) is 4.57. The van der Waals surface area contributed by atoms with Crippen LogP contribution in [0.2, 0.25) is 5.02 Å². The van der Waals surface area contributed by atoms with Crippen molar-refractivity contribution in [3.63, 3.8) is 0 Å². The molecule has 0 bridgehead atoms. The topological polar surface area (TPSA) is 48.1 Å². The van der Waals surface area contributed by atoms with Gasteiger partial charge < -0.3 is 10.5 Å². The van der Waals surface area contributed by atoms with Gasteiger partial charge in [0.2, 0.25) is 0 Å². The minimum absolute atomic E-state index is 0.133. The minimum Gasteiger partial charge on any atom is -0.456 e. The zero-order chi connectivity index (χ0) is 14.5. The highest BCUT2D eigenvalue weighted by Gasteiger charge is 2.07. The predicted molar refractivity (Wildman–Crippen MR) is 85.4 cm³/mol. The summed E-state index contributed by atoms with van der Waals surface area (Å²) < 4.78 is 6.59. The van der Waals surface area contributed by atoms with Gasteiger partial charge in [0.05, 0.1) is 6.20 Å². The van der Waals surface area contributed by atoms with Crippen LogP contribution < -0.4 is 10.5 Å². The molecule has 1 heterocycles. The van der Waals surface area contributed by atoms with E-state index in [-0.39, 0.29) is 6.04 Å². The van der Waals surface area contributed by atoms with Gasteiger partial charge in [-0.15, -0.1) is 0 Å². The lowest BCUT2D eigenvalue weighted by Crippen LogP contribution is -2.21. The Morgan fingerprint density at radius 3 is 2.75 bits per heavy atom. The summed E-state index contributed by atoms with van der Waals surface area (Å²) >= 11 is 9.62. The number of aromatic nitrogens is 1. The van der Waals surface area contributed by atoms with Crippen LogP contribution in [0.3, 0.4) is 0 Å². The zero-order valence-electron chi connectivity index (χ0n) is 11.1. The number of hydrogen-bond acceptors (Lipinski definition) is 3. The highest BCUT2D eigenvalue weighted by molar-refractivity contribution is 9.10. The number of halogens is 2. The second-order valence-electron chi connectivity index (χ2n) is 4.57. The molecule has 1 aromatic carbocycles. The van der Waals surface area contributed by atoms with E-state index >= 15 is 0 Å². The van der Waals surface area contributed by atoms with E-state index < -0.39 is 0 Å². The first-order valence-electron chi connectivity index (χ1n) is 6.41. The van der Waals surface area contributed by atoms with E-state index in [0.29, 0.717) is 16.5 Å². The quantitative estimate of drug-likeness (QED) is 0.854. The van der Waals surface area contributed by atoms with Crippen molar-refractivity contribution in [1.82, 2.24) is 4.98 Å². The number of benzene rings is 1. The van der Waals surface area contributed by atoms with Crippen LogP contribution in [-0.2, 0) is 6.42 Å². The molecule has 0 fully saturated rings. The molecule has 5 heteroatoms. The fourth-order valence-electron chi connectivity index (χ4n) is 1.77. The average Bonchev–Trinajstić information content (AvgIpc) is 2.41. The summed E-state index contributed by atoms with van der Waals surface area (Å²) in [6, 6.07) is 7.64. The summed E-state index contributed by atoms with van der Waals surface area (Å²) in [6.07, 6.45) is 5.06. The minimum atomic E-state index is 0.133. The Morgan fingerprint density at radius 1 is 1.30 bits per heavy atom. The Hall–Kier alpha value is -1.10. The molecule has 2 N–H and O–H groups in total. The van der Waals surface area contributed by atoms with Gasteiger partial charge in [0, 0.05) is 21.7 Å². The second kappa shape index (κ2) is 7.07. The molecule has 3 nitrogen and oxygen atoms in total. The first kappa shape index (κ1) is 15.3. The molecular formula is C15H16BrClN2O. The number of ether oxygens (including phenoxy) is 1. The van der Waals surface area contributed by atoms with Gasteiger partial charge in [0.1, 0.15) is 11.5 Å². The monoisotopic (exact) mass is 354 g/mol. The molecule has 0 aliphatic rings. The lowest BCUT2D eigenvalue weighted by atomic mass is 10.0. The molecule has 1 atom stereocenters. The summed E-state index contributed by atoms with van der Waals surface area (Å²) in [4.78, 5) is 4.05. The van der Waals surface area contributed by atoms with Crippen molar-refractivity contribution in [2.75, 3.05) is 0 Å². The average molecular weight is 356 g/mol. The van der Waals surface area contributed by atoms with Gasteiger partial charge in [-0.2, -0.15) is 0 Å². The molecule has 0 amide bonds. The Bertz CT molecular complexity index is 592. The van der Waals surface area contributed by atoms with Crippen LogP contribution in [0.25, 0.3) is 0 Å². The summed E-state index contributed by atoms with van der Waals surface area (Å²) in [5.41, 5.74) is 6.99.